The SMILES string of the molecule is CCOc1nc(NC)nc(-c2cncc(OC(C)C)c2)n1. The van der Waals surface area contributed by atoms with Crippen molar-refractivity contribution in [2.45, 2.75) is 26.9 Å². The monoisotopic (exact) mass is 289 g/mol. The quantitative estimate of drug-likeness (QED) is 0.872. The summed E-state index contributed by atoms with van der Waals surface area (Å²) in [7, 11) is 1.74. The highest BCUT2D eigenvalue weighted by molar-refractivity contribution is 5.57. The molecule has 0 amide bonds. The first-order valence-electron chi connectivity index (χ1n) is 6.81. The molecule has 0 aromatic carbocycles. The van der Waals surface area contributed by atoms with Gasteiger partial charge in [0, 0.05) is 18.8 Å². The highest BCUT2D eigenvalue weighted by Gasteiger charge is 2.10. The van der Waals surface area contributed by atoms with E-state index in [0.717, 1.165) is 5.56 Å². The van der Waals surface area contributed by atoms with Crippen molar-refractivity contribution in [3.05, 3.63) is 18.5 Å². The van der Waals surface area contributed by atoms with Gasteiger partial charge in [-0.15, -0.1) is 0 Å². The maximum atomic E-state index is 5.63. The molecule has 0 bridgehead atoms. The molecule has 2 rings (SSSR count). The number of hydrogen-bond acceptors (Lipinski definition) is 7. The smallest absolute Gasteiger partial charge is 0.321 e. The molecule has 0 aliphatic carbocycles. The average Bonchev–Trinajstić information content (AvgIpc) is 2.47. The van der Waals surface area contributed by atoms with Crippen LogP contribution in [0.2, 0.25) is 0 Å². The molecule has 7 nitrogen and oxygen atoms in total. The maximum Gasteiger partial charge on any atom is 0.321 e. The lowest BCUT2D eigenvalue weighted by atomic mass is 10.2. The summed E-state index contributed by atoms with van der Waals surface area (Å²) in [5, 5.41) is 2.89. The summed E-state index contributed by atoms with van der Waals surface area (Å²) in [6, 6.07) is 2.12. The molecule has 2 aromatic rings. The number of aromatic nitrogens is 4. The van der Waals surface area contributed by atoms with Crippen molar-refractivity contribution in [1.82, 2.24) is 19.9 Å². The first-order chi connectivity index (χ1) is 10.1. The van der Waals surface area contributed by atoms with E-state index in [2.05, 4.69) is 25.3 Å². The van der Waals surface area contributed by atoms with E-state index in [1.165, 1.54) is 0 Å². The second kappa shape index (κ2) is 6.83. The highest BCUT2D eigenvalue weighted by atomic mass is 16.5. The van der Waals surface area contributed by atoms with Crippen LogP contribution in [-0.4, -0.2) is 39.7 Å². The number of anilines is 1. The topological polar surface area (TPSA) is 82.0 Å². The summed E-state index contributed by atoms with van der Waals surface area (Å²) in [6.07, 6.45) is 3.41. The fraction of sp³-hybridized carbons (Fsp3) is 0.429. The lowest BCUT2D eigenvalue weighted by Crippen LogP contribution is -2.07. The third kappa shape index (κ3) is 4.01. The fourth-order valence-electron chi connectivity index (χ4n) is 1.67. The molecule has 21 heavy (non-hydrogen) atoms. The van der Waals surface area contributed by atoms with Gasteiger partial charge in [-0.05, 0) is 26.8 Å². The zero-order chi connectivity index (χ0) is 15.2. The van der Waals surface area contributed by atoms with Gasteiger partial charge in [0.15, 0.2) is 5.82 Å². The van der Waals surface area contributed by atoms with Gasteiger partial charge in [-0.25, -0.2) is 0 Å². The lowest BCUT2D eigenvalue weighted by molar-refractivity contribution is 0.241. The lowest BCUT2D eigenvalue weighted by Gasteiger charge is -2.10. The van der Waals surface area contributed by atoms with Crippen molar-refractivity contribution in [1.29, 1.82) is 0 Å². The molecule has 0 radical (unpaired) electrons. The predicted molar refractivity (Wildman–Crippen MR) is 79.5 cm³/mol. The van der Waals surface area contributed by atoms with Crippen LogP contribution >= 0.6 is 0 Å². The van der Waals surface area contributed by atoms with E-state index in [1.54, 1.807) is 19.4 Å². The van der Waals surface area contributed by atoms with E-state index in [-0.39, 0.29) is 12.1 Å². The zero-order valence-electron chi connectivity index (χ0n) is 12.6. The molecular weight excluding hydrogens is 270 g/mol. The third-order valence-corrected chi connectivity index (χ3v) is 2.46. The van der Waals surface area contributed by atoms with Gasteiger partial charge in [0.05, 0.1) is 18.9 Å². The van der Waals surface area contributed by atoms with Crippen molar-refractivity contribution in [2.24, 2.45) is 0 Å². The number of hydrogen-bond donors (Lipinski definition) is 1. The van der Waals surface area contributed by atoms with E-state index >= 15 is 0 Å². The van der Waals surface area contributed by atoms with Crippen molar-refractivity contribution in [2.75, 3.05) is 19.0 Å². The van der Waals surface area contributed by atoms with Crippen molar-refractivity contribution in [3.8, 4) is 23.1 Å². The first kappa shape index (κ1) is 15.0. The largest absolute Gasteiger partial charge is 0.489 e. The molecule has 7 heteroatoms. The van der Waals surface area contributed by atoms with E-state index in [9.17, 15) is 0 Å². The Morgan fingerprint density at radius 3 is 2.67 bits per heavy atom. The Bertz CT molecular complexity index is 604. The second-order valence-electron chi connectivity index (χ2n) is 4.52. The van der Waals surface area contributed by atoms with Gasteiger partial charge in [-0.1, -0.05) is 0 Å². The Labute approximate surface area is 123 Å². The summed E-state index contributed by atoms with van der Waals surface area (Å²) in [5.74, 6) is 1.60. The number of nitrogens with one attached hydrogen (secondary N) is 1. The van der Waals surface area contributed by atoms with Gasteiger partial charge in [-0.2, -0.15) is 15.0 Å². The van der Waals surface area contributed by atoms with Crippen molar-refractivity contribution in [3.63, 3.8) is 0 Å². The van der Waals surface area contributed by atoms with Gasteiger partial charge >= 0.3 is 6.01 Å². The Morgan fingerprint density at radius 1 is 1.19 bits per heavy atom. The molecule has 2 aromatic heterocycles. The van der Waals surface area contributed by atoms with Gasteiger partial charge in [-0.3, -0.25) is 4.98 Å². The minimum Gasteiger partial charge on any atom is -0.489 e. The standard InChI is InChI=1S/C14H19N5O2/c1-5-20-14-18-12(17-13(15-4)19-14)10-6-11(8-16-7-10)21-9(2)3/h6-9H,5H2,1-4H3,(H,15,17,18,19). The van der Waals surface area contributed by atoms with Gasteiger partial charge in [0.2, 0.25) is 5.95 Å². The zero-order valence-corrected chi connectivity index (χ0v) is 12.6. The molecule has 0 saturated heterocycles. The summed E-state index contributed by atoms with van der Waals surface area (Å²) >= 11 is 0. The van der Waals surface area contributed by atoms with Crippen LogP contribution in [-0.2, 0) is 0 Å². The molecule has 0 aliphatic rings. The Balaban J connectivity index is 2.38. The normalized spacial score (nSPS) is 10.5. The second-order valence-corrected chi connectivity index (χ2v) is 4.52. The summed E-state index contributed by atoms with van der Waals surface area (Å²) in [6.45, 7) is 6.28. The van der Waals surface area contributed by atoms with Crippen LogP contribution in [0.1, 0.15) is 20.8 Å². The van der Waals surface area contributed by atoms with Crippen LogP contribution < -0.4 is 14.8 Å². The number of rotatable bonds is 6. The van der Waals surface area contributed by atoms with E-state index in [1.807, 2.05) is 26.8 Å². The molecule has 0 atom stereocenters. The molecule has 0 unspecified atom stereocenters. The fourth-order valence-corrected chi connectivity index (χ4v) is 1.67. The summed E-state index contributed by atoms with van der Waals surface area (Å²) in [4.78, 5) is 16.9. The molecule has 0 aliphatic heterocycles. The third-order valence-electron chi connectivity index (χ3n) is 2.46. The molecule has 2 heterocycles. The van der Waals surface area contributed by atoms with Crippen LogP contribution in [0.15, 0.2) is 18.5 Å². The molecule has 0 saturated carbocycles. The van der Waals surface area contributed by atoms with Crippen LogP contribution in [0.3, 0.4) is 0 Å². The van der Waals surface area contributed by atoms with Crippen LogP contribution in [0, 0.1) is 0 Å². The Hall–Kier alpha value is -2.44. The van der Waals surface area contributed by atoms with Crippen LogP contribution in [0.5, 0.6) is 11.8 Å². The average molecular weight is 289 g/mol. The highest BCUT2D eigenvalue weighted by Crippen LogP contribution is 2.22. The van der Waals surface area contributed by atoms with Crippen molar-refractivity contribution >= 4 is 5.95 Å². The molecule has 0 spiro atoms. The van der Waals surface area contributed by atoms with Crippen LogP contribution in [0.4, 0.5) is 5.95 Å². The number of pyridine rings is 1. The van der Waals surface area contributed by atoms with E-state index < -0.39 is 0 Å². The maximum absolute atomic E-state index is 5.63. The Kier molecular flexibility index (Phi) is 4.86. The minimum absolute atomic E-state index is 0.0762. The predicted octanol–water partition coefficient (Wildman–Crippen LogP) is 2.16. The van der Waals surface area contributed by atoms with Gasteiger partial charge in [0.1, 0.15) is 5.75 Å². The molecular formula is C14H19N5O2. The van der Waals surface area contributed by atoms with Crippen molar-refractivity contribution < 1.29 is 9.47 Å². The first-order valence-corrected chi connectivity index (χ1v) is 6.81. The number of nitrogens with zero attached hydrogens (tertiary/aromatic N) is 4. The van der Waals surface area contributed by atoms with Crippen LogP contribution in [0.25, 0.3) is 11.4 Å². The summed E-state index contributed by atoms with van der Waals surface area (Å²) < 4.78 is 11.0. The van der Waals surface area contributed by atoms with Gasteiger partial charge in [0.25, 0.3) is 0 Å². The van der Waals surface area contributed by atoms with Gasteiger partial charge < -0.3 is 14.8 Å². The van der Waals surface area contributed by atoms with E-state index in [0.29, 0.717) is 24.1 Å². The molecule has 0 fully saturated rings. The Morgan fingerprint density at radius 2 is 2.00 bits per heavy atom. The molecule has 112 valence electrons. The summed E-state index contributed by atoms with van der Waals surface area (Å²) in [5.41, 5.74) is 0.744. The number of ether oxygens (including phenoxy) is 2. The van der Waals surface area contributed by atoms with E-state index in [4.69, 9.17) is 9.47 Å². The minimum atomic E-state index is 0.0762. The molecule has 1 N–H and O–H groups in total.